The quantitative estimate of drug-likeness (QED) is 0.492. The molecule has 6 heteroatoms. The van der Waals surface area contributed by atoms with Gasteiger partial charge in [-0.1, -0.05) is 84.6 Å². The lowest BCUT2D eigenvalue weighted by molar-refractivity contribution is -0.118. The van der Waals surface area contributed by atoms with Crippen LogP contribution >= 0.6 is 11.8 Å². The fourth-order valence-corrected chi connectivity index (χ4v) is 4.93. The van der Waals surface area contributed by atoms with E-state index in [4.69, 9.17) is 0 Å². The molecule has 4 aromatic rings. The Labute approximate surface area is 189 Å². The van der Waals surface area contributed by atoms with Crippen LogP contribution in [0.25, 0.3) is 22.0 Å². The molecule has 0 spiro atoms. The van der Waals surface area contributed by atoms with Crippen molar-refractivity contribution < 1.29 is 9.59 Å². The van der Waals surface area contributed by atoms with Gasteiger partial charge < -0.3 is 4.57 Å². The number of amides is 2. The molecule has 5 nitrogen and oxygen atoms in total. The molecule has 0 radical (unpaired) electrons. The van der Waals surface area contributed by atoms with Crippen molar-refractivity contribution in [2.24, 2.45) is 0 Å². The molecular formula is C26H20N2O3S. The highest BCUT2D eigenvalue weighted by molar-refractivity contribution is 8.15. The van der Waals surface area contributed by atoms with Crippen molar-refractivity contribution in [1.82, 2.24) is 9.88 Å². The molecule has 3 aromatic carbocycles. The Bertz CT molecular complexity index is 1380. The molecule has 1 aliphatic rings. The molecule has 1 fully saturated rings. The van der Waals surface area contributed by atoms with Crippen LogP contribution in [-0.2, 0) is 17.8 Å². The summed E-state index contributed by atoms with van der Waals surface area (Å²) in [6.45, 7) is 0.450. The first-order valence-electron chi connectivity index (χ1n) is 10.4. The minimum Gasteiger partial charge on any atom is -0.304 e. The fourth-order valence-electron chi connectivity index (χ4n) is 4.08. The highest BCUT2D eigenvalue weighted by Gasteiger charge is 2.32. The minimum absolute atomic E-state index is 0.124. The van der Waals surface area contributed by atoms with Crippen molar-refractivity contribution in [3.63, 3.8) is 0 Å². The van der Waals surface area contributed by atoms with Crippen molar-refractivity contribution in [2.45, 2.75) is 18.2 Å². The van der Waals surface area contributed by atoms with Crippen LogP contribution in [0.2, 0.25) is 0 Å². The molecule has 1 atom stereocenters. The van der Waals surface area contributed by atoms with Gasteiger partial charge in [-0.25, -0.2) is 0 Å². The van der Waals surface area contributed by atoms with Crippen molar-refractivity contribution >= 4 is 33.8 Å². The van der Waals surface area contributed by atoms with Crippen LogP contribution in [-0.4, -0.2) is 21.0 Å². The fraction of sp³-hybridized carbons (Fsp3) is 0.115. The van der Waals surface area contributed by atoms with E-state index in [-0.39, 0.29) is 16.7 Å². The molecule has 5 rings (SSSR count). The van der Waals surface area contributed by atoms with Gasteiger partial charge in [-0.05, 0) is 34.7 Å². The number of hydrogen-bond acceptors (Lipinski definition) is 4. The van der Waals surface area contributed by atoms with E-state index < -0.39 is 5.25 Å². The predicted molar refractivity (Wildman–Crippen MR) is 128 cm³/mol. The smallest absolute Gasteiger partial charge is 0.286 e. The van der Waals surface area contributed by atoms with Crippen LogP contribution in [0.1, 0.15) is 11.1 Å². The number of fused-ring (bicyclic) bond motifs is 1. The second kappa shape index (κ2) is 8.48. The molecule has 1 aliphatic heterocycles. The summed E-state index contributed by atoms with van der Waals surface area (Å²) in [5, 5.41) is 2.39. The lowest BCUT2D eigenvalue weighted by atomic mass is 10.0. The average molecular weight is 441 g/mol. The molecule has 1 aromatic heterocycles. The number of rotatable bonds is 5. The van der Waals surface area contributed by atoms with Gasteiger partial charge in [-0.3, -0.25) is 19.7 Å². The Morgan fingerprint density at radius 2 is 1.50 bits per heavy atom. The zero-order valence-corrected chi connectivity index (χ0v) is 18.0. The molecule has 2 heterocycles. The molecule has 1 saturated heterocycles. The van der Waals surface area contributed by atoms with Crippen LogP contribution in [0.4, 0.5) is 4.79 Å². The number of carbonyl (C=O) groups excluding carboxylic acids is 2. The maximum absolute atomic E-state index is 13.1. The Balaban J connectivity index is 1.47. The zero-order chi connectivity index (χ0) is 22.1. The molecule has 0 saturated carbocycles. The first-order valence-corrected chi connectivity index (χ1v) is 11.2. The van der Waals surface area contributed by atoms with Gasteiger partial charge in [0.15, 0.2) is 0 Å². The van der Waals surface area contributed by atoms with E-state index >= 15 is 0 Å². The average Bonchev–Trinajstić information content (AvgIpc) is 3.14. The number of carbonyl (C=O) groups is 2. The minimum atomic E-state index is -0.508. The van der Waals surface area contributed by atoms with Gasteiger partial charge in [0.05, 0.1) is 17.3 Å². The largest absolute Gasteiger partial charge is 0.304 e. The first kappa shape index (κ1) is 20.3. The Morgan fingerprint density at radius 1 is 0.812 bits per heavy atom. The van der Waals surface area contributed by atoms with Crippen molar-refractivity contribution in [2.75, 3.05) is 0 Å². The number of hydrogen-bond donors (Lipinski definition) is 1. The lowest BCUT2D eigenvalue weighted by Gasteiger charge is -2.15. The number of nitrogens with zero attached hydrogens (tertiary/aromatic N) is 1. The number of nitrogens with one attached hydrogen (secondary N) is 1. The standard InChI is InChI=1S/C26H20N2O3S/c29-24-15-20(14-23-25(30)27-26(31)32-23)21-8-4-5-9-22(21)28(24)16-17-10-12-19(13-11-17)18-6-2-1-3-7-18/h1-13,15,23H,14,16H2,(H,27,30,31). The Morgan fingerprint density at radius 3 is 2.22 bits per heavy atom. The van der Waals surface area contributed by atoms with E-state index in [9.17, 15) is 14.4 Å². The summed E-state index contributed by atoms with van der Waals surface area (Å²) in [6.07, 6.45) is 0.338. The van der Waals surface area contributed by atoms with Gasteiger partial charge in [0, 0.05) is 11.5 Å². The zero-order valence-electron chi connectivity index (χ0n) is 17.2. The van der Waals surface area contributed by atoms with Gasteiger partial charge in [0.2, 0.25) is 5.91 Å². The van der Waals surface area contributed by atoms with Gasteiger partial charge in [-0.15, -0.1) is 0 Å². The molecule has 0 bridgehead atoms. The SMILES string of the molecule is O=C1NC(=O)C(Cc2cc(=O)n(Cc3ccc(-c4ccccc4)cc3)c3ccccc23)S1. The van der Waals surface area contributed by atoms with Crippen LogP contribution < -0.4 is 10.9 Å². The molecule has 1 unspecified atom stereocenters. The van der Waals surface area contributed by atoms with Gasteiger partial charge in [0.25, 0.3) is 10.8 Å². The molecule has 2 amide bonds. The molecule has 158 valence electrons. The van der Waals surface area contributed by atoms with Crippen molar-refractivity contribution in [3.05, 3.63) is 106 Å². The summed E-state index contributed by atoms with van der Waals surface area (Å²) in [5.41, 5.74) is 4.78. The Hall–Kier alpha value is -3.64. The highest BCUT2D eigenvalue weighted by atomic mass is 32.2. The number of pyridine rings is 1. The van der Waals surface area contributed by atoms with Gasteiger partial charge in [-0.2, -0.15) is 0 Å². The summed E-state index contributed by atoms with van der Waals surface area (Å²) in [7, 11) is 0. The number of thioether (sulfide) groups is 1. The molecule has 1 N–H and O–H groups in total. The maximum Gasteiger partial charge on any atom is 0.286 e. The third kappa shape index (κ3) is 3.97. The maximum atomic E-state index is 13.1. The summed E-state index contributed by atoms with van der Waals surface area (Å²) in [4.78, 5) is 36.6. The van der Waals surface area contributed by atoms with Crippen LogP contribution in [0.5, 0.6) is 0 Å². The topological polar surface area (TPSA) is 68.2 Å². The van der Waals surface area contributed by atoms with Crippen LogP contribution in [0.3, 0.4) is 0 Å². The summed E-state index contributed by atoms with van der Waals surface area (Å²) in [6, 6.07) is 27.7. The number of aromatic nitrogens is 1. The number of benzene rings is 3. The molecular weight excluding hydrogens is 420 g/mol. The van der Waals surface area contributed by atoms with Crippen molar-refractivity contribution in [1.29, 1.82) is 0 Å². The normalized spacial score (nSPS) is 15.8. The molecule has 0 aliphatic carbocycles. The highest BCUT2D eigenvalue weighted by Crippen LogP contribution is 2.26. The lowest BCUT2D eigenvalue weighted by Crippen LogP contribution is -2.27. The second-order valence-electron chi connectivity index (χ2n) is 7.76. The third-order valence-electron chi connectivity index (χ3n) is 5.68. The van der Waals surface area contributed by atoms with Crippen molar-refractivity contribution in [3.8, 4) is 11.1 Å². The summed E-state index contributed by atoms with van der Waals surface area (Å²) < 4.78 is 1.75. The predicted octanol–water partition coefficient (Wildman–Crippen LogP) is 4.61. The van der Waals surface area contributed by atoms with E-state index in [1.807, 2.05) is 54.6 Å². The summed E-state index contributed by atoms with van der Waals surface area (Å²) in [5.74, 6) is -0.299. The van der Waals surface area contributed by atoms with Crippen LogP contribution in [0.15, 0.2) is 89.7 Å². The van der Waals surface area contributed by atoms with Gasteiger partial charge >= 0.3 is 0 Å². The van der Waals surface area contributed by atoms with Crippen LogP contribution in [0, 0.1) is 0 Å². The van der Waals surface area contributed by atoms with Gasteiger partial charge in [0.1, 0.15) is 0 Å². The third-order valence-corrected chi connectivity index (χ3v) is 6.66. The number of imide groups is 1. The monoisotopic (exact) mass is 440 g/mol. The van der Waals surface area contributed by atoms with E-state index in [1.165, 1.54) is 0 Å². The van der Waals surface area contributed by atoms with E-state index in [0.717, 1.165) is 44.9 Å². The van der Waals surface area contributed by atoms with E-state index in [1.54, 1.807) is 10.6 Å². The second-order valence-corrected chi connectivity index (χ2v) is 8.94. The number of para-hydroxylation sites is 1. The Kier molecular flexibility index (Phi) is 5.37. The first-order chi connectivity index (χ1) is 15.6. The van der Waals surface area contributed by atoms with E-state index in [0.29, 0.717) is 13.0 Å². The molecule has 32 heavy (non-hydrogen) atoms. The van der Waals surface area contributed by atoms with E-state index in [2.05, 4.69) is 29.6 Å². The summed E-state index contributed by atoms with van der Waals surface area (Å²) >= 11 is 0.981.